The van der Waals surface area contributed by atoms with Gasteiger partial charge in [0.25, 0.3) is 0 Å². The van der Waals surface area contributed by atoms with Gasteiger partial charge in [0.1, 0.15) is 22.7 Å². The molecule has 6 aromatic rings. The van der Waals surface area contributed by atoms with Crippen molar-refractivity contribution in [1.29, 1.82) is 5.26 Å². The van der Waals surface area contributed by atoms with E-state index >= 15 is 0 Å². The molecule has 1 aliphatic heterocycles. The molecule has 0 fully saturated rings. The van der Waals surface area contributed by atoms with Crippen molar-refractivity contribution in [2.24, 2.45) is 0 Å². The molecule has 0 amide bonds. The first-order valence-electron chi connectivity index (χ1n) is 13.5. The molecule has 0 radical (unpaired) electrons. The maximum Gasteiger partial charge on any atom is 0.143 e. The van der Waals surface area contributed by atoms with Crippen LogP contribution in [0.5, 0.6) is 5.75 Å². The van der Waals surface area contributed by atoms with Crippen LogP contribution >= 0.6 is 0 Å². The predicted molar refractivity (Wildman–Crippen MR) is 160 cm³/mol. The molecule has 0 saturated carbocycles. The van der Waals surface area contributed by atoms with Gasteiger partial charge in [0, 0.05) is 27.8 Å². The summed E-state index contributed by atoms with van der Waals surface area (Å²) in [4.78, 5) is 0. The molecule has 1 aromatic heterocycles. The number of ether oxygens (including phenoxy) is 1. The fourth-order valence-electron chi connectivity index (χ4n) is 6.11. The number of para-hydroxylation sites is 3. The van der Waals surface area contributed by atoms with Gasteiger partial charge in [0.15, 0.2) is 0 Å². The number of allylic oxidation sites excluding steroid dienone is 4. The van der Waals surface area contributed by atoms with Crippen LogP contribution in [-0.4, -0.2) is 0 Å². The quantitative estimate of drug-likeness (QED) is 0.237. The van der Waals surface area contributed by atoms with Gasteiger partial charge in [-0.15, -0.1) is 0 Å². The first kappa shape index (κ1) is 22.6. The topological polar surface area (TPSA) is 46.2 Å². The molecule has 2 aliphatic rings. The number of nitrogens with zero attached hydrogens (tertiary/aromatic N) is 1. The third-order valence-electron chi connectivity index (χ3n) is 8.10. The highest BCUT2D eigenvalue weighted by Crippen LogP contribution is 2.48. The maximum atomic E-state index is 9.33. The first-order chi connectivity index (χ1) is 19.7. The zero-order chi connectivity index (χ0) is 26.6. The summed E-state index contributed by atoms with van der Waals surface area (Å²) in [7, 11) is 0. The Labute approximate surface area is 231 Å². The van der Waals surface area contributed by atoms with Crippen molar-refractivity contribution in [2.75, 3.05) is 0 Å². The van der Waals surface area contributed by atoms with Gasteiger partial charge in [0.05, 0.1) is 11.6 Å². The van der Waals surface area contributed by atoms with Gasteiger partial charge in [0.2, 0.25) is 0 Å². The van der Waals surface area contributed by atoms with E-state index in [1.807, 2.05) is 48.5 Å². The van der Waals surface area contributed by atoms with Gasteiger partial charge in [-0.25, -0.2) is 0 Å². The monoisotopic (exact) mass is 513 g/mol. The Morgan fingerprint density at radius 2 is 1.45 bits per heavy atom. The molecule has 2 heterocycles. The minimum Gasteiger partial charge on any atom is -0.461 e. The Bertz CT molecular complexity index is 2070. The molecule has 1 unspecified atom stereocenters. The van der Waals surface area contributed by atoms with Crippen LogP contribution in [0, 0.1) is 11.3 Å². The number of hydrogen-bond acceptors (Lipinski definition) is 3. The van der Waals surface area contributed by atoms with Crippen molar-refractivity contribution in [1.82, 2.24) is 0 Å². The fourth-order valence-corrected chi connectivity index (χ4v) is 6.11. The molecule has 188 valence electrons. The molecular weight excluding hydrogens is 490 g/mol. The number of furan rings is 1. The number of benzene rings is 5. The average molecular weight is 514 g/mol. The Hall–Kier alpha value is -5.33. The van der Waals surface area contributed by atoms with E-state index in [4.69, 9.17) is 9.15 Å². The van der Waals surface area contributed by atoms with Crippen LogP contribution in [0.3, 0.4) is 0 Å². The first-order valence-corrected chi connectivity index (χ1v) is 13.5. The highest BCUT2D eigenvalue weighted by molar-refractivity contribution is 6.09. The molecule has 0 saturated heterocycles. The lowest BCUT2D eigenvalue weighted by molar-refractivity contribution is 0.426. The second-order valence-electron chi connectivity index (χ2n) is 10.4. The minimum atomic E-state index is 0.219. The molecule has 8 rings (SSSR count). The van der Waals surface area contributed by atoms with Crippen LogP contribution < -0.4 is 4.74 Å². The average Bonchev–Trinajstić information content (AvgIpc) is 3.59. The normalized spacial score (nSPS) is 15.6. The minimum absolute atomic E-state index is 0.219. The Kier molecular flexibility index (Phi) is 5.02. The van der Waals surface area contributed by atoms with Crippen molar-refractivity contribution in [2.45, 2.75) is 12.3 Å². The summed E-state index contributed by atoms with van der Waals surface area (Å²) in [5.41, 5.74) is 10.4. The van der Waals surface area contributed by atoms with Gasteiger partial charge < -0.3 is 9.15 Å². The molecule has 3 nitrogen and oxygen atoms in total. The smallest absolute Gasteiger partial charge is 0.143 e. The lowest BCUT2D eigenvalue weighted by Crippen LogP contribution is -2.04. The standard InChI is InChI=1S/C37H23NO2/c38-22-23-12-14-24(15-13-23)26-18-27(25-16-17-36-33(21-25)31-7-2-3-10-34(31)39-36)20-28(19-26)29-8-5-9-32-30-6-1-4-11-35(30)40-37(29)32/h1-20,33H,21H2. The summed E-state index contributed by atoms with van der Waals surface area (Å²) in [5.74, 6) is 2.19. The molecule has 0 N–H and O–H groups in total. The zero-order valence-electron chi connectivity index (χ0n) is 21.6. The molecule has 0 bridgehead atoms. The summed E-state index contributed by atoms with van der Waals surface area (Å²) in [6.45, 7) is 0. The van der Waals surface area contributed by atoms with Crippen molar-refractivity contribution in [3.8, 4) is 34.1 Å². The third-order valence-corrected chi connectivity index (χ3v) is 8.10. The molecule has 40 heavy (non-hydrogen) atoms. The largest absolute Gasteiger partial charge is 0.461 e. The summed E-state index contributed by atoms with van der Waals surface area (Å²) in [5, 5.41) is 11.6. The number of fused-ring (bicyclic) bond motifs is 6. The van der Waals surface area contributed by atoms with Gasteiger partial charge >= 0.3 is 0 Å². The fraction of sp³-hybridized carbons (Fsp3) is 0.0541. The molecule has 3 heteroatoms. The Balaban J connectivity index is 1.30. The van der Waals surface area contributed by atoms with E-state index in [1.165, 1.54) is 16.7 Å². The summed E-state index contributed by atoms with van der Waals surface area (Å²) in [6, 6.07) is 39.7. The van der Waals surface area contributed by atoms with Crippen LogP contribution in [0.1, 0.15) is 29.0 Å². The van der Waals surface area contributed by atoms with Gasteiger partial charge in [-0.2, -0.15) is 5.26 Å². The summed E-state index contributed by atoms with van der Waals surface area (Å²) in [6.07, 6.45) is 5.19. The molecule has 5 aromatic carbocycles. The van der Waals surface area contributed by atoms with Crippen LogP contribution in [0.2, 0.25) is 0 Å². The van der Waals surface area contributed by atoms with Crippen molar-refractivity contribution in [3.05, 3.63) is 144 Å². The van der Waals surface area contributed by atoms with Crippen LogP contribution in [0.25, 0.3) is 49.8 Å². The second-order valence-corrected chi connectivity index (χ2v) is 10.4. The van der Waals surface area contributed by atoms with Gasteiger partial charge in [-0.05, 0) is 82.8 Å². The third kappa shape index (κ3) is 3.58. The molecule has 1 aliphatic carbocycles. The van der Waals surface area contributed by atoms with E-state index in [9.17, 15) is 5.26 Å². The SMILES string of the molecule is N#Cc1ccc(-c2cc(C3=CC=C4Oc5ccccc5C4C3)cc(-c3cccc4c3oc3ccccc34)c2)cc1. The van der Waals surface area contributed by atoms with Crippen LogP contribution in [-0.2, 0) is 0 Å². The van der Waals surface area contributed by atoms with Crippen LogP contribution in [0.4, 0.5) is 0 Å². The molecule has 0 spiro atoms. The number of nitriles is 1. The van der Waals surface area contributed by atoms with E-state index in [1.54, 1.807) is 0 Å². The van der Waals surface area contributed by atoms with Gasteiger partial charge in [-0.1, -0.05) is 72.8 Å². The molecule has 1 atom stereocenters. The van der Waals surface area contributed by atoms with E-state index < -0.39 is 0 Å². The molecular formula is C37H23NO2. The van der Waals surface area contributed by atoms with E-state index in [0.717, 1.165) is 62.1 Å². The summed E-state index contributed by atoms with van der Waals surface area (Å²) < 4.78 is 12.6. The zero-order valence-corrected chi connectivity index (χ0v) is 21.6. The van der Waals surface area contributed by atoms with E-state index in [0.29, 0.717) is 5.56 Å². The lowest BCUT2D eigenvalue weighted by Gasteiger charge is -2.20. The van der Waals surface area contributed by atoms with Gasteiger partial charge in [-0.3, -0.25) is 0 Å². The van der Waals surface area contributed by atoms with E-state index in [2.05, 4.69) is 78.9 Å². The second kappa shape index (κ2) is 8.86. The Morgan fingerprint density at radius 1 is 0.675 bits per heavy atom. The number of rotatable bonds is 3. The van der Waals surface area contributed by atoms with E-state index in [-0.39, 0.29) is 5.92 Å². The lowest BCUT2D eigenvalue weighted by atomic mass is 9.83. The highest BCUT2D eigenvalue weighted by atomic mass is 16.5. The van der Waals surface area contributed by atoms with Crippen molar-refractivity contribution >= 4 is 27.5 Å². The number of hydrogen-bond donors (Lipinski definition) is 0. The summed E-state index contributed by atoms with van der Waals surface area (Å²) >= 11 is 0. The maximum absolute atomic E-state index is 9.33. The van der Waals surface area contributed by atoms with Crippen molar-refractivity contribution in [3.63, 3.8) is 0 Å². The highest BCUT2D eigenvalue weighted by Gasteiger charge is 2.32. The van der Waals surface area contributed by atoms with Crippen LogP contribution in [0.15, 0.2) is 132 Å². The van der Waals surface area contributed by atoms with Crippen molar-refractivity contribution < 1.29 is 9.15 Å². The predicted octanol–water partition coefficient (Wildman–Crippen LogP) is 9.64. The Morgan fingerprint density at radius 3 is 2.35 bits per heavy atom.